The maximum absolute atomic E-state index is 11.6. The lowest BCUT2D eigenvalue weighted by atomic mass is 10.2. The molecule has 0 aliphatic heterocycles. The second-order valence-corrected chi connectivity index (χ2v) is 5.95. The zero-order valence-electron chi connectivity index (χ0n) is 10.9. The van der Waals surface area contributed by atoms with Crippen LogP contribution in [0.3, 0.4) is 0 Å². The molecule has 3 aromatic heterocycles. The van der Waals surface area contributed by atoms with E-state index in [9.17, 15) is 4.79 Å². The molecule has 0 fully saturated rings. The van der Waals surface area contributed by atoms with E-state index in [0.717, 1.165) is 16.2 Å². The van der Waals surface area contributed by atoms with Crippen LogP contribution in [0.15, 0.2) is 30.5 Å². The topological polar surface area (TPSA) is 43.6 Å². The average molecular weight is 307 g/mol. The van der Waals surface area contributed by atoms with Gasteiger partial charge in [0.2, 0.25) is 0 Å². The fourth-order valence-electron chi connectivity index (χ4n) is 2.02. The van der Waals surface area contributed by atoms with Crippen LogP contribution in [0.4, 0.5) is 0 Å². The van der Waals surface area contributed by atoms with Crippen LogP contribution in [0, 0.1) is 6.92 Å². The van der Waals surface area contributed by atoms with Gasteiger partial charge in [-0.3, -0.25) is 4.40 Å². The number of imidazole rings is 1. The van der Waals surface area contributed by atoms with Crippen molar-refractivity contribution in [2.24, 2.45) is 0 Å². The Morgan fingerprint density at radius 1 is 1.35 bits per heavy atom. The van der Waals surface area contributed by atoms with E-state index in [-0.39, 0.29) is 5.97 Å². The van der Waals surface area contributed by atoms with Gasteiger partial charge in [-0.05, 0) is 31.2 Å². The van der Waals surface area contributed by atoms with Crippen LogP contribution >= 0.6 is 22.9 Å². The summed E-state index contributed by atoms with van der Waals surface area (Å²) in [7, 11) is 1.36. The Morgan fingerprint density at radius 2 is 2.15 bits per heavy atom. The van der Waals surface area contributed by atoms with E-state index in [4.69, 9.17) is 16.3 Å². The molecule has 0 atom stereocenters. The minimum absolute atomic E-state index is 0.384. The average Bonchev–Trinajstić information content (AvgIpc) is 3.02. The number of methoxy groups -OCH3 is 1. The van der Waals surface area contributed by atoms with Crippen molar-refractivity contribution in [2.45, 2.75) is 6.92 Å². The summed E-state index contributed by atoms with van der Waals surface area (Å²) in [5, 5.41) is 0.419. The molecule has 6 heteroatoms. The highest BCUT2D eigenvalue weighted by Gasteiger charge is 2.15. The number of pyridine rings is 1. The monoisotopic (exact) mass is 306 g/mol. The maximum Gasteiger partial charge on any atom is 0.339 e. The van der Waals surface area contributed by atoms with Crippen LogP contribution in [0.25, 0.3) is 16.2 Å². The van der Waals surface area contributed by atoms with Gasteiger partial charge in [-0.2, -0.15) is 0 Å². The Kier molecular flexibility index (Phi) is 3.23. The first-order chi connectivity index (χ1) is 9.60. The fraction of sp³-hybridized carbons (Fsp3) is 0.143. The second kappa shape index (κ2) is 4.92. The van der Waals surface area contributed by atoms with Crippen LogP contribution in [0.2, 0.25) is 5.15 Å². The van der Waals surface area contributed by atoms with Gasteiger partial charge in [-0.25, -0.2) is 9.78 Å². The highest BCUT2D eigenvalue weighted by atomic mass is 35.5. The van der Waals surface area contributed by atoms with E-state index in [2.05, 4.69) is 4.98 Å². The molecule has 0 saturated heterocycles. The molecule has 4 nitrogen and oxygen atoms in total. The van der Waals surface area contributed by atoms with Gasteiger partial charge < -0.3 is 4.74 Å². The highest BCUT2D eigenvalue weighted by molar-refractivity contribution is 7.15. The fourth-order valence-corrected chi connectivity index (χ4v) is 3.10. The van der Waals surface area contributed by atoms with Crippen molar-refractivity contribution >= 4 is 34.4 Å². The quantitative estimate of drug-likeness (QED) is 0.676. The number of thiophene rings is 1. The summed E-state index contributed by atoms with van der Waals surface area (Å²) in [6.45, 7) is 2.03. The number of hydrogen-bond donors (Lipinski definition) is 0. The van der Waals surface area contributed by atoms with Crippen LogP contribution in [0.1, 0.15) is 15.2 Å². The summed E-state index contributed by atoms with van der Waals surface area (Å²) in [4.78, 5) is 18.2. The van der Waals surface area contributed by atoms with E-state index in [1.54, 1.807) is 29.7 Å². The number of aryl methyl sites for hydroxylation is 1. The van der Waals surface area contributed by atoms with Gasteiger partial charge in [-0.15, -0.1) is 11.3 Å². The Morgan fingerprint density at radius 3 is 2.80 bits per heavy atom. The number of hydrogen-bond acceptors (Lipinski definition) is 4. The summed E-state index contributed by atoms with van der Waals surface area (Å²) in [5.41, 5.74) is 1.23. The Balaban J connectivity index is 2.24. The molecule has 0 unspecified atom stereocenters. The van der Waals surface area contributed by atoms with E-state index >= 15 is 0 Å². The first kappa shape index (κ1) is 13.1. The van der Waals surface area contributed by atoms with Gasteiger partial charge in [0, 0.05) is 11.1 Å². The third-order valence-electron chi connectivity index (χ3n) is 2.97. The van der Waals surface area contributed by atoms with Crippen LogP contribution in [0.5, 0.6) is 0 Å². The van der Waals surface area contributed by atoms with Crippen LogP contribution in [-0.2, 0) is 4.74 Å². The molecular weight excluding hydrogens is 296 g/mol. The molecule has 3 rings (SSSR count). The number of carbonyl (C=O) groups excluding carboxylic acids is 1. The van der Waals surface area contributed by atoms with Gasteiger partial charge in [0.15, 0.2) is 11.0 Å². The lowest BCUT2D eigenvalue weighted by Gasteiger charge is -2.02. The van der Waals surface area contributed by atoms with Gasteiger partial charge in [-0.1, -0.05) is 11.6 Å². The molecule has 102 valence electrons. The Bertz CT molecular complexity index is 807. The smallest absolute Gasteiger partial charge is 0.339 e. The minimum atomic E-state index is -0.384. The third kappa shape index (κ3) is 2.09. The van der Waals surface area contributed by atoms with Gasteiger partial charge in [0.05, 0.1) is 23.1 Å². The molecule has 0 aliphatic rings. The summed E-state index contributed by atoms with van der Waals surface area (Å²) in [6, 6.07) is 7.47. The van der Waals surface area contributed by atoms with E-state index < -0.39 is 0 Å². The van der Waals surface area contributed by atoms with Crippen molar-refractivity contribution in [3.63, 3.8) is 0 Å². The summed E-state index contributed by atoms with van der Waals surface area (Å²) >= 11 is 7.79. The summed E-state index contributed by atoms with van der Waals surface area (Å²) in [5.74, 6) is 0.346. The van der Waals surface area contributed by atoms with Crippen molar-refractivity contribution in [1.29, 1.82) is 0 Å². The second-order valence-electron chi connectivity index (χ2n) is 4.30. The highest BCUT2D eigenvalue weighted by Crippen LogP contribution is 2.30. The molecule has 0 amide bonds. The normalized spacial score (nSPS) is 10.9. The molecule has 0 radical (unpaired) electrons. The minimum Gasteiger partial charge on any atom is -0.465 e. The molecule has 0 bridgehead atoms. The number of esters is 1. The predicted octanol–water partition coefficient (Wildman–Crippen LogP) is 3.81. The summed E-state index contributed by atoms with van der Waals surface area (Å²) in [6.07, 6.45) is 1.70. The predicted molar refractivity (Wildman–Crippen MR) is 79.6 cm³/mol. The first-order valence-electron chi connectivity index (χ1n) is 5.93. The van der Waals surface area contributed by atoms with E-state index in [1.165, 1.54) is 12.0 Å². The van der Waals surface area contributed by atoms with E-state index in [0.29, 0.717) is 10.7 Å². The Hall–Kier alpha value is -1.85. The molecule has 0 aromatic carbocycles. The Labute approximate surface area is 124 Å². The molecule has 0 N–H and O–H groups in total. The van der Waals surface area contributed by atoms with Crippen LogP contribution < -0.4 is 0 Å². The number of carbonyl (C=O) groups is 1. The molecular formula is C14H11ClN2O2S. The maximum atomic E-state index is 11.6. The lowest BCUT2D eigenvalue weighted by Crippen LogP contribution is -2.02. The number of nitrogens with zero attached hydrogens (tertiary/aromatic N) is 2. The molecule has 20 heavy (non-hydrogen) atoms. The van der Waals surface area contributed by atoms with E-state index in [1.807, 2.05) is 23.5 Å². The van der Waals surface area contributed by atoms with Crippen molar-refractivity contribution in [2.75, 3.05) is 7.11 Å². The SMILES string of the molecule is COC(=O)c1ccc2c(Cl)nc(-c3ccc(C)s3)n2c1. The third-order valence-corrected chi connectivity index (χ3v) is 4.25. The van der Waals surface area contributed by atoms with Gasteiger partial charge in [0.1, 0.15) is 0 Å². The zero-order chi connectivity index (χ0) is 14.3. The number of ether oxygens (including phenoxy) is 1. The first-order valence-corrected chi connectivity index (χ1v) is 7.12. The number of rotatable bonds is 2. The van der Waals surface area contributed by atoms with Crippen molar-refractivity contribution in [1.82, 2.24) is 9.38 Å². The molecule has 0 spiro atoms. The molecule has 3 aromatic rings. The zero-order valence-corrected chi connectivity index (χ0v) is 12.5. The largest absolute Gasteiger partial charge is 0.465 e. The molecule has 3 heterocycles. The number of fused-ring (bicyclic) bond motifs is 1. The lowest BCUT2D eigenvalue weighted by molar-refractivity contribution is 0.0600. The number of halogens is 1. The molecule has 0 aliphatic carbocycles. The number of aromatic nitrogens is 2. The standard InChI is InChI=1S/C14H11ClN2O2S/c1-8-3-6-11(20-8)13-16-12(15)10-5-4-9(7-17(10)13)14(18)19-2/h3-7H,1-2H3. The van der Waals surface area contributed by atoms with Crippen molar-refractivity contribution in [3.8, 4) is 10.7 Å². The molecule has 0 saturated carbocycles. The van der Waals surface area contributed by atoms with Crippen LogP contribution in [-0.4, -0.2) is 22.5 Å². The van der Waals surface area contributed by atoms with Crippen molar-refractivity contribution in [3.05, 3.63) is 46.1 Å². The summed E-state index contributed by atoms with van der Waals surface area (Å²) < 4.78 is 6.56. The van der Waals surface area contributed by atoms with Crippen molar-refractivity contribution < 1.29 is 9.53 Å². The van der Waals surface area contributed by atoms with Gasteiger partial charge in [0.25, 0.3) is 0 Å². The van der Waals surface area contributed by atoms with Gasteiger partial charge >= 0.3 is 5.97 Å².